The first kappa shape index (κ1) is 25.6. The maximum atomic E-state index is 11.5. The molecule has 4 rings (SSSR count). The lowest BCUT2D eigenvalue weighted by atomic mass is 10.1. The molecule has 1 atom stereocenters. The number of benzene rings is 2. The van der Waals surface area contributed by atoms with Crippen molar-refractivity contribution in [3.05, 3.63) is 83.8 Å². The van der Waals surface area contributed by atoms with Gasteiger partial charge in [-0.15, -0.1) is 0 Å². The summed E-state index contributed by atoms with van der Waals surface area (Å²) in [4.78, 5) is 11.9. The first-order chi connectivity index (χ1) is 17.3. The highest BCUT2D eigenvalue weighted by molar-refractivity contribution is 7.92. The van der Waals surface area contributed by atoms with Crippen LogP contribution < -0.4 is 14.8 Å². The van der Waals surface area contributed by atoms with Crippen LogP contribution in [0.4, 0.5) is 5.69 Å². The van der Waals surface area contributed by atoms with Crippen LogP contribution in [0, 0.1) is 0 Å². The molecule has 0 radical (unpaired) electrons. The third kappa shape index (κ3) is 7.05. The molecule has 0 amide bonds. The van der Waals surface area contributed by atoms with E-state index in [4.69, 9.17) is 16.3 Å². The van der Waals surface area contributed by atoms with Crippen molar-refractivity contribution in [3.8, 4) is 28.4 Å². The molecule has 0 aliphatic carbocycles. The molecule has 2 aromatic heterocycles. The Morgan fingerprint density at radius 2 is 1.94 bits per heavy atom. The van der Waals surface area contributed by atoms with Gasteiger partial charge >= 0.3 is 0 Å². The van der Waals surface area contributed by atoms with Crippen molar-refractivity contribution < 1.29 is 18.3 Å². The van der Waals surface area contributed by atoms with Gasteiger partial charge in [0.25, 0.3) is 0 Å². The van der Waals surface area contributed by atoms with Crippen LogP contribution in [0.25, 0.3) is 22.6 Å². The first-order valence-electron chi connectivity index (χ1n) is 11.1. The van der Waals surface area contributed by atoms with Crippen molar-refractivity contribution in [2.24, 2.45) is 0 Å². The van der Waals surface area contributed by atoms with E-state index >= 15 is 0 Å². The predicted molar refractivity (Wildman–Crippen MR) is 140 cm³/mol. The van der Waals surface area contributed by atoms with Gasteiger partial charge in [0, 0.05) is 42.8 Å². The lowest BCUT2D eigenvalue weighted by molar-refractivity contribution is 0.172. The van der Waals surface area contributed by atoms with E-state index in [1.807, 2.05) is 42.6 Å². The fourth-order valence-corrected chi connectivity index (χ4v) is 4.26. The summed E-state index contributed by atoms with van der Waals surface area (Å²) in [6.45, 7) is 1.18. The number of aliphatic hydroxyl groups excluding tert-OH is 1. The van der Waals surface area contributed by atoms with E-state index < -0.39 is 16.1 Å². The van der Waals surface area contributed by atoms with Crippen LogP contribution in [0.1, 0.15) is 11.7 Å². The van der Waals surface area contributed by atoms with Gasteiger partial charge < -0.3 is 20.1 Å². The number of anilines is 1. The second-order valence-corrected chi connectivity index (χ2v) is 10.2. The van der Waals surface area contributed by atoms with Crippen molar-refractivity contribution in [1.29, 1.82) is 0 Å². The van der Waals surface area contributed by atoms with Crippen molar-refractivity contribution in [1.82, 2.24) is 20.3 Å². The minimum absolute atomic E-state index is 0.227. The molecule has 36 heavy (non-hydrogen) atoms. The third-order valence-electron chi connectivity index (χ3n) is 5.22. The number of aromatic amines is 1. The van der Waals surface area contributed by atoms with Crippen LogP contribution in [0.2, 0.25) is 5.02 Å². The largest absolute Gasteiger partial charge is 0.492 e. The topological polar surface area (TPSA) is 129 Å². The summed E-state index contributed by atoms with van der Waals surface area (Å²) < 4.78 is 31.1. The molecule has 0 saturated carbocycles. The number of nitrogens with zero attached hydrogens (tertiary/aromatic N) is 2. The summed E-state index contributed by atoms with van der Waals surface area (Å²) in [5.74, 6) is 1.48. The minimum atomic E-state index is -3.48. The number of ether oxygens (including phenoxy) is 1. The number of rotatable bonds is 11. The van der Waals surface area contributed by atoms with Gasteiger partial charge in [-0.3, -0.25) is 9.71 Å². The van der Waals surface area contributed by atoms with Gasteiger partial charge in [-0.2, -0.15) is 0 Å². The SMILES string of the molecule is CS(=O)(=O)Nc1cc([C@@H](O)CNCCOc2ccc(-c3c[nH]c(-c4cccnc4)n3)cc2)ccc1Cl. The van der Waals surface area contributed by atoms with E-state index in [1.54, 1.807) is 24.5 Å². The van der Waals surface area contributed by atoms with E-state index in [0.29, 0.717) is 18.7 Å². The van der Waals surface area contributed by atoms with E-state index in [0.717, 1.165) is 34.7 Å². The Morgan fingerprint density at radius 3 is 2.67 bits per heavy atom. The average molecular weight is 528 g/mol. The van der Waals surface area contributed by atoms with Crippen molar-refractivity contribution in [3.63, 3.8) is 0 Å². The molecule has 2 heterocycles. The first-order valence-corrected chi connectivity index (χ1v) is 13.4. The van der Waals surface area contributed by atoms with Gasteiger partial charge in [0.15, 0.2) is 0 Å². The van der Waals surface area contributed by atoms with Crippen molar-refractivity contribution >= 4 is 27.3 Å². The van der Waals surface area contributed by atoms with Gasteiger partial charge in [-0.25, -0.2) is 13.4 Å². The Morgan fingerprint density at radius 1 is 1.14 bits per heavy atom. The number of imidazole rings is 1. The van der Waals surface area contributed by atoms with E-state index in [9.17, 15) is 13.5 Å². The van der Waals surface area contributed by atoms with Gasteiger partial charge in [-0.1, -0.05) is 17.7 Å². The smallest absolute Gasteiger partial charge is 0.229 e. The normalized spacial score (nSPS) is 12.3. The molecular formula is C25H26ClN5O4S. The number of hydrogen-bond donors (Lipinski definition) is 4. The molecular weight excluding hydrogens is 502 g/mol. The van der Waals surface area contributed by atoms with Crippen LogP contribution in [0.5, 0.6) is 5.75 Å². The second kappa shape index (κ2) is 11.5. The number of hydrogen-bond acceptors (Lipinski definition) is 7. The van der Waals surface area contributed by atoms with Crippen molar-refractivity contribution in [2.45, 2.75) is 6.10 Å². The Bertz CT molecular complexity index is 1400. The Labute approximate surface area is 214 Å². The van der Waals surface area contributed by atoms with Gasteiger partial charge in [0.1, 0.15) is 18.2 Å². The zero-order valence-corrected chi connectivity index (χ0v) is 21.1. The molecule has 0 aliphatic rings. The molecule has 0 unspecified atom stereocenters. The predicted octanol–water partition coefficient (Wildman–Crippen LogP) is 3.87. The zero-order chi connectivity index (χ0) is 25.5. The Balaban J connectivity index is 1.23. The highest BCUT2D eigenvalue weighted by atomic mass is 35.5. The third-order valence-corrected chi connectivity index (χ3v) is 6.14. The fourth-order valence-electron chi connectivity index (χ4n) is 3.47. The monoisotopic (exact) mass is 527 g/mol. The summed E-state index contributed by atoms with van der Waals surface area (Å²) in [7, 11) is -3.48. The molecule has 0 spiro atoms. The molecule has 188 valence electrons. The van der Waals surface area contributed by atoms with E-state index in [-0.39, 0.29) is 17.3 Å². The van der Waals surface area contributed by atoms with Gasteiger partial charge in [-0.05, 0) is 54.1 Å². The molecule has 0 aliphatic heterocycles. The van der Waals surface area contributed by atoms with Crippen LogP contribution in [0.15, 0.2) is 73.2 Å². The van der Waals surface area contributed by atoms with Crippen LogP contribution in [-0.2, 0) is 10.0 Å². The molecule has 2 aromatic carbocycles. The summed E-state index contributed by atoms with van der Waals surface area (Å²) >= 11 is 6.03. The lowest BCUT2D eigenvalue weighted by Crippen LogP contribution is -2.26. The summed E-state index contributed by atoms with van der Waals surface area (Å²) in [5.41, 5.74) is 3.48. The highest BCUT2D eigenvalue weighted by Gasteiger charge is 2.12. The summed E-state index contributed by atoms with van der Waals surface area (Å²) in [5, 5.41) is 13.8. The van der Waals surface area contributed by atoms with Gasteiger partial charge in [0.2, 0.25) is 10.0 Å². The van der Waals surface area contributed by atoms with Crippen LogP contribution >= 0.6 is 11.6 Å². The van der Waals surface area contributed by atoms with E-state index in [2.05, 4.69) is 25.0 Å². The molecule has 0 bridgehead atoms. The molecule has 4 aromatic rings. The molecule has 9 nitrogen and oxygen atoms in total. The number of sulfonamides is 1. The lowest BCUT2D eigenvalue weighted by Gasteiger charge is -2.15. The van der Waals surface area contributed by atoms with Crippen LogP contribution in [0.3, 0.4) is 0 Å². The zero-order valence-electron chi connectivity index (χ0n) is 19.5. The van der Waals surface area contributed by atoms with Crippen LogP contribution in [-0.4, -0.2) is 54.4 Å². The summed E-state index contributed by atoms with van der Waals surface area (Å²) in [6.07, 6.45) is 5.54. The number of halogens is 1. The maximum absolute atomic E-state index is 11.5. The molecule has 0 saturated heterocycles. The molecule has 4 N–H and O–H groups in total. The number of pyridine rings is 1. The standard InChI is InChI=1S/C25H26ClN5O4S/c1-36(33,34)31-22-13-18(6-9-21(22)26)24(32)16-28-11-12-35-20-7-4-17(5-8-20)23-15-29-25(30-23)19-3-2-10-27-14-19/h2-10,13-15,24,28,31-32H,11-12,16H2,1H3,(H,29,30)/t24-/m0/s1. The minimum Gasteiger partial charge on any atom is -0.492 e. The average Bonchev–Trinajstić information content (AvgIpc) is 3.36. The molecule has 0 fully saturated rings. The second-order valence-electron chi connectivity index (χ2n) is 8.08. The Kier molecular flexibility index (Phi) is 8.21. The quantitative estimate of drug-likeness (QED) is 0.218. The fraction of sp³-hybridized carbons (Fsp3) is 0.200. The number of aliphatic hydroxyl groups is 1. The number of nitrogens with one attached hydrogen (secondary N) is 3. The van der Waals surface area contributed by atoms with Gasteiger partial charge in [0.05, 0.1) is 28.8 Å². The number of aromatic nitrogens is 3. The molecule has 11 heteroatoms. The summed E-state index contributed by atoms with van der Waals surface area (Å²) in [6, 6.07) is 16.2. The maximum Gasteiger partial charge on any atom is 0.229 e. The highest BCUT2D eigenvalue weighted by Crippen LogP contribution is 2.27. The number of H-pyrrole nitrogens is 1. The Hall–Kier alpha value is -3.44. The van der Waals surface area contributed by atoms with E-state index in [1.165, 1.54) is 6.07 Å². The van der Waals surface area contributed by atoms with Crippen molar-refractivity contribution in [2.75, 3.05) is 30.7 Å².